The number of nitrogens with two attached hydrogens (primary N) is 1. The van der Waals surface area contributed by atoms with Crippen LogP contribution in [0.4, 0.5) is 5.82 Å². The van der Waals surface area contributed by atoms with E-state index in [2.05, 4.69) is 15.3 Å². The van der Waals surface area contributed by atoms with Gasteiger partial charge in [0.2, 0.25) is 0 Å². The molecule has 0 aliphatic carbocycles. The molecule has 2 aromatic rings. The van der Waals surface area contributed by atoms with Crippen molar-refractivity contribution < 1.29 is 33.8 Å². The lowest BCUT2D eigenvalue weighted by Crippen LogP contribution is -2.38. The van der Waals surface area contributed by atoms with Gasteiger partial charge in [-0.3, -0.25) is 9.09 Å². The predicted molar refractivity (Wildman–Crippen MR) is 118 cm³/mol. The number of hydrogen-bond donors (Lipinski definition) is 5. The summed E-state index contributed by atoms with van der Waals surface area (Å²) in [6, 6.07) is 0. The Balaban J connectivity index is 1.85. The molecule has 5 atom stereocenters. The average molecular weight is 502 g/mol. The van der Waals surface area contributed by atoms with Gasteiger partial charge in [0, 0.05) is 24.4 Å². The second kappa shape index (κ2) is 9.82. The highest BCUT2D eigenvalue weighted by molar-refractivity contribution is 7.46. The molecule has 0 bridgehead atoms. The lowest BCUT2D eigenvalue weighted by molar-refractivity contribution is -0.0709. The molecule has 14 nitrogen and oxygen atoms in total. The van der Waals surface area contributed by atoms with E-state index in [0.29, 0.717) is 5.56 Å². The van der Waals surface area contributed by atoms with Crippen molar-refractivity contribution in [3.8, 4) is 0 Å². The van der Waals surface area contributed by atoms with Gasteiger partial charge in [-0.1, -0.05) is 26.0 Å². The molecule has 3 unspecified atom stereocenters. The van der Waals surface area contributed by atoms with E-state index >= 15 is 0 Å². The van der Waals surface area contributed by atoms with Gasteiger partial charge in [0.25, 0.3) is 0 Å². The Kier molecular flexibility index (Phi) is 7.63. The molecular weight excluding hydrogens is 471 g/mol. The fraction of sp³-hybridized carbons (Fsp3) is 0.684. The summed E-state index contributed by atoms with van der Waals surface area (Å²) in [5.74, 6) is 0.142. The van der Waals surface area contributed by atoms with Crippen molar-refractivity contribution >= 4 is 13.6 Å². The summed E-state index contributed by atoms with van der Waals surface area (Å²) in [5.41, 5.74) is 4.96. The topological polar surface area (TPSA) is 208 Å². The Morgan fingerprint density at radius 1 is 1.29 bits per heavy atom. The molecule has 0 radical (unpaired) electrons. The Bertz CT molecular complexity index is 1120. The molecular formula is C19H31N6O8P. The number of aliphatic hydroxyl groups is 2. The van der Waals surface area contributed by atoms with Gasteiger partial charge in [-0.05, 0) is 19.3 Å². The number of aliphatic hydroxyl groups excluding tert-OH is 2. The van der Waals surface area contributed by atoms with Gasteiger partial charge in [-0.2, -0.15) is 4.98 Å². The van der Waals surface area contributed by atoms with E-state index in [4.69, 9.17) is 15.0 Å². The molecule has 15 heteroatoms. The van der Waals surface area contributed by atoms with Crippen LogP contribution in [0.25, 0.3) is 0 Å². The molecule has 1 aliphatic rings. The number of nitrogen functional groups attached to an aromatic ring is 1. The van der Waals surface area contributed by atoms with Gasteiger partial charge < -0.3 is 30.5 Å². The van der Waals surface area contributed by atoms with Crippen LogP contribution in [0.15, 0.2) is 17.2 Å². The average Bonchev–Trinajstić information content (AvgIpc) is 3.29. The fourth-order valence-corrected chi connectivity index (χ4v) is 4.52. The van der Waals surface area contributed by atoms with Gasteiger partial charge in [0.15, 0.2) is 6.23 Å². The zero-order valence-corrected chi connectivity index (χ0v) is 20.2. The largest absolute Gasteiger partial charge is 0.470 e. The monoisotopic (exact) mass is 502 g/mol. The van der Waals surface area contributed by atoms with Crippen molar-refractivity contribution in [3.05, 3.63) is 34.1 Å². The second-order valence-corrected chi connectivity index (χ2v) is 10.1. The number of rotatable bonds is 9. The van der Waals surface area contributed by atoms with Crippen LogP contribution >= 0.6 is 7.82 Å². The number of phosphoric acid groups is 1. The van der Waals surface area contributed by atoms with E-state index in [1.54, 1.807) is 13.1 Å². The normalized spacial score (nSPS) is 25.1. The Hall–Kier alpha value is -2.19. The standard InChI is InChI=1S/C19H31N6O8P/c1-5-19(4,33-34(29,30)31)6-13-14(26)15(27)17(32-13)25-8-11(16(20)21-18(25)28)7-24-9-12(10(2)3)22-23-24/h8-10,13-15,17,26-27H,5-7H2,1-4H3,(H2,20,21,28)(H2,29,30,31)/t13-,14?,15?,17-,19?/m1/s1. The molecule has 6 N–H and O–H groups in total. The third kappa shape index (κ3) is 5.89. The molecule has 1 saturated heterocycles. The Morgan fingerprint density at radius 2 is 1.97 bits per heavy atom. The summed E-state index contributed by atoms with van der Waals surface area (Å²) < 4.78 is 24.6. The molecule has 0 aromatic carbocycles. The van der Waals surface area contributed by atoms with E-state index in [1.807, 2.05) is 13.8 Å². The molecule has 0 spiro atoms. The molecule has 34 heavy (non-hydrogen) atoms. The number of hydrogen-bond acceptors (Lipinski definition) is 10. The molecule has 0 saturated carbocycles. The van der Waals surface area contributed by atoms with Crippen LogP contribution < -0.4 is 11.4 Å². The summed E-state index contributed by atoms with van der Waals surface area (Å²) >= 11 is 0. The molecule has 1 fully saturated rings. The molecule has 3 rings (SSSR count). The first kappa shape index (κ1) is 26.4. The van der Waals surface area contributed by atoms with Crippen molar-refractivity contribution in [2.45, 2.75) is 83.1 Å². The third-order valence-corrected chi connectivity index (χ3v) is 6.55. The van der Waals surface area contributed by atoms with Gasteiger partial charge in [0.05, 0.1) is 23.9 Å². The van der Waals surface area contributed by atoms with E-state index in [1.165, 1.54) is 17.8 Å². The van der Waals surface area contributed by atoms with Gasteiger partial charge in [-0.15, -0.1) is 5.10 Å². The van der Waals surface area contributed by atoms with Crippen molar-refractivity contribution in [2.75, 3.05) is 5.73 Å². The minimum atomic E-state index is -4.82. The van der Waals surface area contributed by atoms with Crippen molar-refractivity contribution in [2.24, 2.45) is 0 Å². The highest BCUT2D eigenvalue weighted by atomic mass is 31.2. The summed E-state index contributed by atoms with van der Waals surface area (Å²) in [6.07, 6.45) is -2.20. The maximum atomic E-state index is 12.5. The number of ether oxygens (including phenoxy) is 1. The van der Waals surface area contributed by atoms with Crippen LogP contribution in [-0.4, -0.2) is 68.5 Å². The van der Waals surface area contributed by atoms with Gasteiger partial charge >= 0.3 is 13.5 Å². The van der Waals surface area contributed by atoms with Crippen molar-refractivity contribution in [3.63, 3.8) is 0 Å². The first-order valence-corrected chi connectivity index (χ1v) is 12.3. The van der Waals surface area contributed by atoms with Crippen molar-refractivity contribution in [1.82, 2.24) is 24.5 Å². The lowest BCUT2D eigenvalue weighted by Gasteiger charge is -2.31. The smallest absolute Gasteiger partial charge is 0.388 e. The minimum Gasteiger partial charge on any atom is -0.388 e. The Morgan fingerprint density at radius 3 is 2.53 bits per heavy atom. The van der Waals surface area contributed by atoms with Crippen LogP contribution in [0.3, 0.4) is 0 Å². The summed E-state index contributed by atoms with van der Waals surface area (Å²) in [4.78, 5) is 34.8. The zero-order chi connectivity index (χ0) is 25.4. The number of anilines is 1. The Labute approximate surface area is 195 Å². The number of phosphoric ester groups is 1. The first-order chi connectivity index (χ1) is 15.7. The van der Waals surface area contributed by atoms with Crippen molar-refractivity contribution in [1.29, 1.82) is 0 Å². The highest BCUT2D eigenvalue weighted by Gasteiger charge is 2.47. The molecule has 2 aromatic heterocycles. The number of aromatic nitrogens is 5. The van der Waals surface area contributed by atoms with Crippen LogP contribution in [0.2, 0.25) is 0 Å². The predicted octanol–water partition coefficient (Wildman–Crippen LogP) is -0.124. The molecule has 0 amide bonds. The van der Waals surface area contributed by atoms with Crippen LogP contribution in [0, 0.1) is 0 Å². The quantitative estimate of drug-likeness (QED) is 0.284. The maximum absolute atomic E-state index is 12.5. The second-order valence-electron chi connectivity index (χ2n) is 8.97. The van der Waals surface area contributed by atoms with Crippen LogP contribution in [0.5, 0.6) is 0 Å². The molecule has 1 aliphatic heterocycles. The summed E-state index contributed by atoms with van der Waals surface area (Å²) in [5, 5.41) is 29.3. The summed E-state index contributed by atoms with van der Waals surface area (Å²) in [6.45, 7) is 7.21. The van der Waals surface area contributed by atoms with Crippen LogP contribution in [-0.2, 0) is 20.4 Å². The number of nitrogens with zero attached hydrogens (tertiary/aromatic N) is 5. The zero-order valence-electron chi connectivity index (χ0n) is 19.3. The van der Waals surface area contributed by atoms with E-state index < -0.39 is 43.7 Å². The maximum Gasteiger partial charge on any atom is 0.470 e. The van der Waals surface area contributed by atoms with E-state index in [-0.39, 0.29) is 31.1 Å². The highest BCUT2D eigenvalue weighted by Crippen LogP contribution is 2.45. The molecule has 3 heterocycles. The molecule has 190 valence electrons. The van der Waals surface area contributed by atoms with E-state index in [9.17, 15) is 29.4 Å². The third-order valence-electron chi connectivity index (χ3n) is 5.87. The minimum absolute atomic E-state index is 0.0268. The lowest BCUT2D eigenvalue weighted by atomic mass is 9.93. The fourth-order valence-electron chi connectivity index (χ4n) is 3.74. The van der Waals surface area contributed by atoms with Gasteiger partial charge in [0.1, 0.15) is 18.0 Å². The SMILES string of the molecule is CCC(C)(C[C@H]1O[C@@H](n2cc(Cn3cc(C(C)C)nn3)c(N)nc2=O)C(O)C1O)OP(=O)(O)O. The van der Waals surface area contributed by atoms with E-state index in [0.717, 1.165) is 10.3 Å². The summed E-state index contributed by atoms with van der Waals surface area (Å²) in [7, 11) is -4.82. The first-order valence-electron chi connectivity index (χ1n) is 10.8. The van der Waals surface area contributed by atoms with Crippen LogP contribution in [0.1, 0.15) is 63.9 Å². The van der Waals surface area contributed by atoms with Gasteiger partial charge in [-0.25, -0.2) is 14.0 Å².